The Morgan fingerprint density at radius 2 is 1.64 bits per heavy atom. The maximum atomic E-state index is 14.1. The third kappa shape index (κ3) is 8.31. The van der Waals surface area contributed by atoms with E-state index < -0.39 is 28.5 Å². The molecule has 0 spiro atoms. The van der Waals surface area contributed by atoms with E-state index in [1.807, 2.05) is 69.3 Å². The highest BCUT2D eigenvalue weighted by Crippen LogP contribution is 2.25. The van der Waals surface area contributed by atoms with E-state index in [9.17, 15) is 18.0 Å². The summed E-state index contributed by atoms with van der Waals surface area (Å²) < 4.78 is 27.0. The van der Waals surface area contributed by atoms with Crippen molar-refractivity contribution in [2.45, 2.75) is 46.2 Å². The first kappa shape index (κ1) is 30.2. The van der Waals surface area contributed by atoms with Crippen molar-refractivity contribution >= 4 is 39.1 Å². The topological polar surface area (TPSA) is 86.8 Å². The fraction of sp³-hybridized carbons (Fsp3) is 0.333. The molecule has 0 aliphatic heterocycles. The summed E-state index contributed by atoms with van der Waals surface area (Å²) in [4.78, 5) is 29.0. The molecule has 0 aliphatic rings. The molecule has 0 saturated carbocycles. The molecule has 3 aromatic rings. The van der Waals surface area contributed by atoms with E-state index in [4.69, 9.17) is 11.6 Å². The number of carbonyl (C=O) groups is 2. The van der Waals surface area contributed by atoms with Gasteiger partial charge in [-0.3, -0.25) is 13.9 Å². The van der Waals surface area contributed by atoms with E-state index in [0.29, 0.717) is 22.8 Å². The van der Waals surface area contributed by atoms with Gasteiger partial charge in [0, 0.05) is 24.5 Å². The van der Waals surface area contributed by atoms with E-state index in [0.717, 1.165) is 33.7 Å². The smallest absolute Gasteiger partial charge is 0.244 e. The van der Waals surface area contributed by atoms with Crippen LogP contribution in [0, 0.1) is 13.8 Å². The van der Waals surface area contributed by atoms with Crippen molar-refractivity contribution in [1.29, 1.82) is 0 Å². The number of hydrogen-bond acceptors (Lipinski definition) is 4. The summed E-state index contributed by atoms with van der Waals surface area (Å²) in [6, 6.07) is 21.1. The van der Waals surface area contributed by atoms with Crippen LogP contribution in [-0.4, -0.2) is 50.5 Å². The van der Waals surface area contributed by atoms with Gasteiger partial charge in [-0.1, -0.05) is 84.8 Å². The zero-order chi connectivity index (χ0) is 28.6. The fourth-order valence-electron chi connectivity index (χ4n) is 4.41. The molecule has 0 fully saturated rings. The third-order valence-electron chi connectivity index (χ3n) is 6.42. The van der Waals surface area contributed by atoms with E-state index in [1.54, 1.807) is 24.3 Å². The Balaban J connectivity index is 2.07. The third-order valence-corrected chi connectivity index (χ3v) is 7.91. The van der Waals surface area contributed by atoms with E-state index >= 15 is 0 Å². The molecule has 1 N–H and O–H groups in total. The number of amides is 2. The normalized spacial score (nSPS) is 12.0. The summed E-state index contributed by atoms with van der Waals surface area (Å²) in [6.45, 7) is 5.72. The van der Waals surface area contributed by atoms with E-state index in [1.165, 1.54) is 4.90 Å². The minimum absolute atomic E-state index is 0.0417. The van der Waals surface area contributed by atoms with Gasteiger partial charge in [0.15, 0.2) is 0 Å². The Labute approximate surface area is 236 Å². The summed E-state index contributed by atoms with van der Waals surface area (Å²) in [5.74, 6) is -0.813. The quantitative estimate of drug-likeness (QED) is 0.336. The molecule has 3 aromatic carbocycles. The standard InChI is InChI=1S/C30H36ClN3O4S/c1-5-17-32-30(36)28(19-24-11-7-6-8-12-24)33(20-25-13-9-10-14-26(25)31)29(35)21-34(39(4,37)38)27-16-15-22(2)18-23(27)3/h6-16,18,28H,5,17,19-21H2,1-4H3,(H,32,36). The molecule has 0 radical (unpaired) electrons. The van der Waals surface area contributed by atoms with Crippen LogP contribution in [-0.2, 0) is 32.6 Å². The van der Waals surface area contributed by atoms with Crippen LogP contribution < -0.4 is 9.62 Å². The van der Waals surface area contributed by atoms with Gasteiger partial charge in [-0.2, -0.15) is 0 Å². The zero-order valence-electron chi connectivity index (χ0n) is 22.9. The highest BCUT2D eigenvalue weighted by atomic mass is 35.5. The van der Waals surface area contributed by atoms with Gasteiger partial charge in [0.25, 0.3) is 0 Å². The number of carbonyl (C=O) groups excluding carboxylic acids is 2. The molecule has 1 unspecified atom stereocenters. The molecule has 208 valence electrons. The van der Waals surface area contributed by atoms with Gasteiger partial charge in [0.05, 0.1) is 11.9 Å². The number of aryl methyl sites for hydroxylation is 2. The molecule has 7 nitrogen and oxygen atoms in total. The Morgan fingerprint density at radius 3 is 2.26 bits per heavy atom. The lowest BCUT2D eigenvalue weighted by Crippen LogP contribution is -2.53. The molecule has 1 atom stereocenters. The summed E-state index contributed by atoms with van der Waals surface area (Å²) >= 11 is 6.47. The predicted octanol–water partition coefficient (Wildman–Crippen LogP) is 4.89. The van der Waals surface area contributed by atoms with Crippen LogP contribution in [0.1, 0.15) is 35.6 Å². The average Bonchev–Trinajstić information content (AvgIpc) is 2.89. The lowest BCUT2D eigenvalue weighted by molar-refractivity contribution is -0.140. The first-order chi connectivity index (χ1) is 18.5. The van der Waals surface area contributed by atoms with Gasteiger partial charge in [-0.15, -0.1) is 0 Å². The van der Waals surface area contributed by atoms with Crippen molar-refractivity contribution in [3.63, 3.8) is 0 Å². The molecule has 9 heteroatoms. The first-order valence-electron chi connectivity index (χ1n) is 12.9. The van der Waals surface area contributed by atoms with Crippen molar-refractivity contribution < 1.29 is 18.0 Å². The second-order valence-corrected chi connectivity index (χ2v) is 12.0. The average molecular weight is 570 g/mol. The Kier molecular flexibility index (Phi) is 10.5. The van der Waals surface area contributed by atoms with Crippen LogP contribution in [0.25, 0.3) is 0 Å². The SMILES string of the molecule is CCCNC(=O)C(Cc1ccccc1)N(Cc1ccccc1Cl)C(=O)CN(c1ccc(C)cc1C)S(C)(=O)=O. The predicted molar refractivity (Wildman–Crippen MR) is 157 cm³/mol. The number of nitrogens with zero attached hydrogens (tertiary/aromatic N) is 2. The summed E-state index contributed by atoms with van der Waals surface area (Å²) in [7, 11) is -3.82. The van der Waals surface area contributed by atoms with Crippen molar-refractivity contribution in [2.24, 2.45) is 0 Å². The van der Waals surface area contributed by atoms with Crippen molar-refractivity contribution in [2.75, 3.05) is 23.7 Å². The molecule has 2 amide bonds. The van der Waals surface area contributed by atoms with Gasteiger partial charge < -0.3 is 10.2 Å². The Bertz CT molecular complexity index is 1400. The van der Waals surface area contributed by atoms with Crippen LogP contribution in [0.5, 0.6) is 0 Å². The largest absolute Gasteiger partial charge is 0.354 e. The highest BCUT2D eigenvalue weighted by Gasteiger charge is 2.33. The second kappa shape index (κ2) is 13.6. The number of nitrogens with one attached hydrogen (secondary N) is 1. The minimum Gasteiger partial charge on any atom is -0.354 e. The molecule has 0 bridgehead atoms. The molecular weight excluding hydrogens is 534 g/mol. The molecule has 3 rings (SSSR count). The van der Waals surface area contributed by atoms with Crippen molar-refractivity contribution in [3.05, 3.63) is 100 Å². The van der Waals surface area contributed by atoms with Crippen LogP contribution in [0.2, 0.25) is 5.02 Å². The lowest BCUT2D eigenvalue weighted by atomic mass is 10.0. The van der Waals surface area contributed by atoms with Gasteiger partial charge in [0.2, 0.25) is 21.8 Å². The maximum Gasteiger partial charge on any atom is 0.244 e. The molecule has 0 saturated heterocycles. The number of benzene rings is 3. The summed E-state index contributed by atoms with van der Waals surface area (Å²) in [6.07, 6.45) is 2.07. The van der Waals surface area contributed by atoms with Gasteiger partial charge in [-0.25, -0.2) is 8.42 Å². The van der Waals surface area contributed by atoms with Crippen molar-refractivity contribution in [3.8, 4) is 0 Å². The maximum absolute atomic E-state index is 14.1. The van der Waals surface area contributed by atoms with Crippen LogP contribution in [0.15, 0.2) is 72.8 Å². The number of sulfonamides is 1. The minimum atomic E-state index is -3.82. The zero-order valence-corrected chi connectivity index (χ0v) is 24.4. The number of hydrogen-bond donors (Lipinski definition) is 1. The van der Waals surface area contributed by atoms with Crippen LogP contribution >= 0.6 is 11.6 Å². The molecule has 0 aromatic heterocycles. The monoisotopic (exact) mass is 569 g/mol. The molecule has 0 heterocycles. The number of halogens is 1. The first-order valence-corrected chi connectivity index (χ1v) is 15.1. The van der Waals surface area contributed by atoms with Crippen LogP contribution in [0.4, 0.5) is 5.69 Å². The molecule has 39 heavy (non-hydrogen) atoms. The Hall–Kier alpha value is -3.36. The Morgan fingerprint density at radius 1 is 0.974 bits per heavy atom. The summed E-state index contributed by atoms with van der Waals surface area (Å²) in [5, 5.41) is 3.38. The molecule has 0 aliphatic carbocycles. The number of anilines is 1. The van der Waals surface area contributed by atoms with Crippen LogP contribution in [0.3, 0.4) is 0 Å². The fourth-order valence-corrected chi connectivity index (χ4v) is 5.51. The number of rotatable bonds is 12. The summed E-state index contributed by atoms with van der Waals surface area (Å²) in [5.41, 5.74) is 3.66. The van der Waals surface area contributed by atoms with Gasteiger partial charge in [0.1, 0.15) is 12.6 Å². The highest BCUT2D eigenvalue weighted by molar-refractivity contribution is 7.92. The molecular formula is C30H36ClN3O4S. The van der Waals surface area contributed by atoms with Gasteiger partial charge >= 0.3 is 0 Å². The van der Waals surface area contributed by atoms with E-state index in [-0.39, 0.29) is 18.9 Å². The van der Waals surface area contributed by atoms with E-state index in [2.05, 4.69) is 5.32 Å². The second-order valence-electron chi connectivity index (χ2n) is 9.67. The van der Waals surface area contributed by atoms with Crippen molar-refractivity contribution in [1.82, 2.24) is 10.2 Å². The lowest BCUT2D eigenvalue weighted by Gasteiger charge is -2.34. The van der Waals surface area contributed by atoms with Gasteiger partial charge in [-0.05, 0) is 49.1 Å².